The van der Waals surface area contributed by atoms with Crippen molar-refractivity contribution in [1.29, 1.82) is 0 Å². The Morgan fingerprint density at radius 1 is 1.12 bits per heavy atom. The Balaban J connectivity index is -0.000000853. The number of aromatic carboxylic acids is 2. The molecule has 3 N–H and O–H groups in total. The molecule has 17 heavy (non-hydrogen) atoms. The van der Waals surface area contributed by atoms with Crippen LogP contribution in [0.3, 0.4) is 0 Å². The predicted octanol–water partition coefficient (Wildman–Crippen LogP) is 0.174. The van der Waals surface area contributed by atoms with Gasteiger partial charge in [0.1, 0.15) is 4.90 Å². The van der Waals surface area contributed by atoms with E-state index >= 15 is 0 Å². The maximum absolute atomic E-state index is 10.8. The smallest absolute Gasteiger partial charge is 1.00 e. The molecule has 7 nitrogen and oxygen atoms in total. The van der Waals surface area contributed by atoms with E-state index in [9.17, 15) is 18.0 Å². The van der Waals surface area contributed by atoms with E-state index in [2.05, 4.69) is 0 Å². The van der Waals surface area contributed by atoms with Crippen LogP contribution in [-0.4, -0.2) is 45.2 Å². The molecular weight excluding hydrogens is 249 g/mol. The molecule has 90 valence electrons. The maximum Gasteiger partial charge on any atom is 2.00 e. The Hall–Kier alpha value is -1.76. The maximum atomic E-state index is 10.8. The van der Waals surface area contributed by atoms with Gasteiger partial charge in [-0.3, -0.25) is 4.55 Å². The Bertz CT molecular complexity index is 572. The fourth-order valence-corrected chi connectivity index (χ4v) is 1.75. The molecule has 0 amide bonds. The molecule has 0 aliphatic carbocycles. The van der Waals surface area contributed by atoms with Crippen LogP contribution < -0.4 is 0 Å². The fourth-order valence-electron chi connectivity index (χ4n) is 1.05. The first-order valence-electron chi connectivity index (χ1n) is 3.81. The molecule has 0 bridgehead atoms. The molecule has 1 aromatic carbocycles. The van der Waals surface area contributed by atoms with Gasteiger partial charge in [0.15, 0.2) is 0 Å². The summed E-state index contributed by atoms with van der Waals surface area (Å²) in [6, 6.07) is 2.32. The van der Waals surface area contributed by atoms with Gasteiger partial charge < -0.3 is 13.1 Å². The third kappa shape index (κ3) is 3.35. The molecule has 0 spiro atoms. The normalized spacial score (nSPS) is 10.4. The molecule has 1 aromatic rings. The first-order valence-corrected chi connectivity index (χ1v) is 5.25. The van der Waals surface area contributed by atoms with Gasteiger partial charge in [0.2, 0.25) is 0 Å². The zero-order valence-electron chi connectivity index (χ0n) is 10.3. The van der Waals surface area contributed by atoms with E-state index in [1.165, 1.54) is 0 Å². The fraction of sp³-hybridized carbons (Fsp3) is 0. The summed E-state index contributed by atoms with van der Waals surface area (Å²) in [7, 11) is -4.78. The topological polar surface area (TPSA) is 129 Å². The van der Waals surface area contributed by atoms with Crippen molar-refractivity contribution in [3.63, 3.8) is 0 Å². The second kappa shape index (κ2) is 5.05. The van der Waals surface area contributed by atoms with Crippen molar-refractivity contribution in [2.45, 2.75) is 4.90 Å². The minimum Gasteiger partial charge on any atom is -1.00 e. The van der Waals surface area contributed by atoms with Crippen molar-refractivity contribution < 1.29 is 35.6 Å². The van der Waals surface area contributed by atoms with Crippen molar-refractivity contribution in [3.8, 4) is 0 Å². The summed E-state index contributed by atoms with van der Waals surface area (Å²) in [5, 5.41) is 17.2. The van der Waals surface area contributed by atoms with Crippen LogP contribution in [0.1, 0.15) is 23.6 Å². The van der Waals surface area contributed by atoms with Gasteiger partial charge in [-0.25, -0.2) is 9.59 Å². The van der Waals surface area contributed by atoms with E-state index in [1.54, 1.807) is 0 Å². The molecule has 1 rings (SSSR count). The van der Waals surface area contributed by atoms with Gasteiger partial charge in [-0.15, -0.1) is 0 Å². The average Bonchev–Trinajstić information content (AvgIpc) is 2.15. The quantitative estimate of drug-likeness (QED) is 0.520. The van der Waals surface area contributed by atoms with E-state index < -0.39 is 38.1 Å². The first kappa shape index (κ1) is 15.2. The van der Waals surface area contributed by atoms with E-state index in [-0.39, 0.29) is 13.0 Å². The monoisotopic (exact) mass is 257 g/mol. The SMILES string of the molecule is O=C(O)c1ccc(C(=O)O)c(S(=O)(=O)O)c1.[Be+2].[H-].[H-]. The van der Waals surface area contributed by atoms with Gasteiger partial charge in [0.25, 0.3) is 10.1 Å². The summed E-state index contributed by atoms with van der Waals surface area (Å²) < 4.78 is 30.4. The third-order valence-corrected chi connectivity index (χ3v) is 2.63. The van der Waals surface area contributed by atoms with Crippen LogP contribution in [0.25, 0.3) is 0 Å². The van der Waals surface area contributed by atoms with Gasteiger partial charge >= 0.3 is 22.1 Å². The first-order chi connectivity index (χ1) is 7.23. The minimum absolute atomic E-state index is 0. The zero-order valence-corrected chi connectivity index (χ0v) is 9.14. The van der Waals surface area contributed by atoms with Crippen LogP contribution >= 0.6 is 0 Å². The summed E-state index contributed by atoms with van der Waals surface area (Å²) in [5.74, 6) is -3.01. The minimum atomic E-state index is -4.78. The summed E-state index contributed by atoms with van der Waals surface area (Å²) in [5.41, 5.74) is -1.12. The number of carbonyl (C=O) groups is 2. The van der Waals surface area contributed by atoms with E-state index in [0.29, 0.717) is 6.07 Å². The number of hydrogen-bond donors (Lipinski definition) is 3. The zero-order chi connectivity index (χ0) is 12.5. The standard InChI is InChI=1S/C8H6O7S.Be.2H/c9-7(10)4-1-2-5(8(11)12)6(3-4)16(13,14)15;;;/h1-3H,(H,9,10)(H,11,12)(H,13,14,15);;;/q;+2;2*-1. The van der Waals surface area contributed by atoms with Crippen molar-refractivity contribution in [3.05, 3.63) is 29.3 Å². The van der Waals surface area contributed by atoms with Gasteiger partial charge in [-0.05, 0) is 18.2 Å². The summed E-state index contributed by atoms with van der Waals surface area (Å²) >= 11 is 0. The molecule has 9 heteroatoms. The van der Waals surface area contributed by atoms with Crippen LogP contribution in [0.5, 0.6) is 0 Å². The number of hydrogen-bond acceptors (Lipinski definition) is 4. The average molecular weight is 257 g/mol. The number of benzene rings is 1. The molecule has 0 saturated carbocycles. The molecule has 0 fully saturated rings. The number of rotatable bonds is 3. The molecule has 0 aliphatic heterocycles. The second-order valence-electron chi connectivity index (χ2n) is 2.80. The van der Waals surface area contributed by atoms with Gasteiger partial charge in [-0.1, -0.05) is 0 Å². The van der Waals surface area contributed by atoms with Crippen LogP contribution in [0.2, 0.25) is 0 Å². The van der Waals surface area contributed by atoms with Crippen LogP contribution in [0, 0.1) is 0 Å². The van der Waals surface area contributed by atoms with Crippen molar-refractivity contribution in [2.75, 3.05) is 0 Å². The van der Waals surface area contributed by atoms with Crippen molar-refractivity contribution in [2.24, 2.45) is 0 Å². The van der Waals surface area contributed by atoms with Gasteiger partial charge in [0, 0.05) is 0 Å². The Morgan fingerprint density at radius 3 is 2.00 bits per heavy atom. The molecule has 0 atom stereocenters. The van der Waals surface area contributed by atoms with E-state index in [0.717, 1.165) is 12.1 Å². The van der Waals surface area contributed by atoms with Crippen molar-refractivity contribution in [1.82, 2.24) is 0 Å². The van der Waals surface area contributed by atoms with Crippen molar-refractivity contribution >= 4 is 32.2 Å². The van der Waals surface area contributed by atoms with Gasteiger partial charge in [-0.2, -0.15) is 8.42 Å². The third-order valence-electron chi connectivity index (χ3n) is 1.74. The Kier molecular flexibility index (Phi) is 4.52. The molecule has 0 unspecified atom stereocenters. The predicted molar refractivity (Wildman–Crippen MR) is 58.2 cm³/mol. The Labute approximate surface area is 103 Å². The second-order valence-corrected chi connectivity index (χ2v) is 4.19. The molecule has 0 radical (unpaired) electrons. The number of carboxylic acids is 2. The van der Waals surface area contributed by atoms with Crippen LogP contribution in [0.15, 0.2) is 23.1 Å². The summed E-state index contributed by atoms with van der Waals surface area (Å²) in [6.45, 7) is 0. The summed E-state index contributed by atoms with van der Waals surface area (Å²) in [6.07, 6.45) is 0. The van der Waals surface area contributed by atoms with Crippen LogP contribution in [0.4, 0.5) is 0 Å². The molecule has 0 saturated heterocycles. The summed E-state index contributed by atoms with van der Waals surface area (Å²) in [4.78, 5) is 20.2. The largest absolute Gasteiger partial charge is 2.00 e. The van der Waals surface area contributed by atoms with Gasteiger partial charge in [0.05, 0.1) is 11.1 Å². The number of carboxylic acid groups (broad SMARTS) is 2. The van der Waals surface area contributed by atoms with E-state index in [1.807, 2.05) is 0 Å². The van der Waals surface area contributed by atoms with E-state index in [4.69, 9.17) is 14.8 Å². The molecular formula is C8H8BeO7S. The molecule has 0 aliphatic rings. The molecule has 0 heterocycles. The van der Waals surface area contributed by atoms with Crippen LogP contribution in [-0.2, 0) is 10.1 Å². The Morgan fingerprint density at radius 2 is 1.65 bits per heavy atom. The molecule has 0 aromatic heterocycles.